The number of aryl methyl sites for hydroxylation is 3. The van der Waals surface area contributed by atoms with Gasteiger partial charge in [0.15, 0.2) is 35.5 Å². The van der Waals surface area contributed by atoms with E-state index in [4.69, 9.17) is 29.9 Å². The summed E-state index contributed by atoms with van der Waals surface area (Å²) in [4.78, 5) is 45.9. The number of hydrogen-bond donors (Lipinski definition) is 0. The summed E-state index contributed by atoms with van der Waals surface area (Å²) in [7, 11) is -1.51. The molecule has 3 rings (SSSR count). The number of carbonyl (C=O) groups is 3. The molecule has 228 valence electrons. The van der Waals surface area contributed by atoms with Crippen LogP contribution in [0.5, 0.6) is 0 Å². The topological polar surface area (TPSA) is 210 Å². The smallest absolute Gasteiger partial charge is 0.446 e. The third-order valence-electron chi connectivity index (χ3n) is 4.47. The van der Waals surface area contributed by atoms with Gasteiger partial charge in [0, 0.05) is 40.4 Å². The van der Waals surface area contributed by atoms with E-state index in [1.807, 2.05) is 20.8 Å². The lowest BCUT2D eigenvalue weighted by Crippen LogP contribution is -2.13. The number of terminal acetylenes is 1. The van der Waals surface area contributed by atoms with Gasteiger partial charge in [-0.2, -0.15) is 4.79 Å². The molecule has 0 saturated heterocycles. The van der Waals surface area contributed by atoms with Gasteiger partial charge in [0.2, 0.25) is 11.5 Å². The summed E-state index contributed by atoms with van der Waals surface area (Å²) in [6.07, 6.45) is 12.2. The molecular formula is C26H34N5O10P. The molecule has 3 aromatic rings. The number of carbonyl (C=O) groups excluding carboxylic acids is 3. The third-order valence-corrected chi connectivity index (χ3v) is 6.36. The Hall–Kier alpha value is -4.47. The average Bonchev–Trinajstić information content (AvgIpc) is 3.79. The molecule has 15 nitrogen and oxygen atoms in total. The highest BCUT2D eigenvalue weighted by atomic mass is 31.2. The van der Waals surface area contributed by atoms with Crippen molar-refractivity contribution in [1.82, 2.24) is 15.0 Å². The lowest BCUT2D eigenvalue weighted by atomic mass is 10.5. The van der Waals surface area contributed by atoms with Crippen molar-refractivity contribution in [3.05, 3.63) is 59.1 Å². The Bertz CT molecular complexity index is 1400. The van der Waals surface area contributed by atoms with Crippen molar-refractivity contribution in [3.63, 3.8) is 0 Å². The Morgan fingerprint density at radius 2 is 1.50 bits per heavy atom. The number of ketones is 1. The first kappa shape index (κ1) is 37.5. The maximum absolute atomic E-state index is 11.4. The van der Waals surface area contributed by atoms with Crippen LogP contribution in [0.3, 0.4) is 0 Å². The van der Waals surface area contributed by atoms with Crippen LogP contribution in [0.15, 0.2) is 31.8 Å². The number of oxazole rings is 3. The normalized spacial score (nSPS) is 9.76. The van der Waals surface area contributed by atoms with Crippen molar-refractivity contribution < 1.29 is 50.8 Å². The van der Waals surface area contributed by atoms with Crippen LogP contribution in [0.1, 0.15) is 79.2 Å². The van der Waals surface area contributed by atoms with Gasteiger partial charge in [-0.15, -0.1) is 6.42 Å². The molecule has 0 aliphatic rings. The van der Waals surface area contributed by atoms with E-state index in [0.717, 1.165) is 34.0 Å². The molecule has 3 aromatic heterocycles. The van der Waals surface area contributed by atoms with Gasteiger partial charge in [0.05, 0.1) is 25.2 Å². The number of hydrogen-bond acceptors (Lipinski definition) is 13. The lowest BCUT2D eigenvalue weighted by molar-refractivity contribution is -0.114. The zero-order valence-electron chi connectivity index (χ0n) is 24.5. The van der Waals surface area contributed by atoms with Gasteiger partial charge in [-0.25, -0.2) is 24.3 Å². The molecule has 3 heterocycles. The zero-order chi connectivity index (χ0) is 32.1. The molecular weight excluding hydrogens is 573 g/mol. The molecule has 42 heavy (non-hydrogen) atoms. The van der Waals surface area contributed by atoms with E-state index in [-0.39, 0.29) is 5.76 Å². The SMILES string of the molecule is C#Cc1cnc(CC)o1.CCOC(=O)c1cnc(CC)o1.CCc1ncc(C=O)o1.COP(=O)(OC)C(=[N+]=[N-])C(C)=O. The second-order valence-corrected chi connectivity index (χ2v) is 9.43. The number of aldehydes is 1. The maximum Gasteiger partial charge on any atom is 0.446 e. The Kier molecular flexibility index (Phi) is 18.2. The first-order chi connectivity index (χ1) is 20.0. The van der Waals surface area contributed by atoms with Crippen LogP contribution in [0.2, 0.25) is 0 Å². The van der Waals surface area contributed by atoms with E-state index in [1.54, 1.807) is 13.1 Å². The van der Waals surface area contributed by atoms with Crippen molar-refractivity contribution in [3.8, 4) is 12.3 Å². The molecule has 16 heteroatoms. The largest absolute Gasteiger partial charge is 0.460 e. The average molecular weight is 608 g/mol. The number of aromatic nitrogens is 3. The van der Waals surface area contributed by atoms with Crippen molar-refractivity contribution in [1.29, 1.82) is 0 Å². The molecule has 0 bridgehead atoms. The number of rotatable bonds is 10. The van der Waals surface area contributed by atoms with Crippen molar-refractivity contribution >= 4 is 31.1 Å². The Morgan fingerprint density at radius 1 is 0.976 bits per heavy atom. The second-order valence-electron chi connectivity index (χ2n) is 7.28. The summed E-state index contributed by atoms with van der Waals surface area (Å²) in [5, 5.41) is 0. The van der Waals surface area contributed by atoms with Gasteiger partial charge in [0.1, 0.15) is 0 Å². The minimum absolute atomic E-state index is 0.175. The van der Waals surface area contributed by atoms with Crippen molar-refractivity contribution in [2.45, 2.75) is 53.9 Å². The maximum atomic E-state index is 11.4. The van der Waals surface area contributed by atoms with Crippen LogP contribution in [0.25, 0.3) is 5.53 Å². The predicted molar refractivity (Wildman–Crippen MR) is 148 cm³/mol. The summed E-state index contributed by atoms with van der Waals surface area (Å²) >= 11 is 0. The number of Topliss-reactive ketones (excluding diaryl/α,β-unsaturated/α-hetero) is 1. The number of esters is 1. The highest BCUT2D eigenvalue weighted by molar-refractivity contribution is 7.74. The highest BCUT2D eigenvalue weighted by Crippen LogP contribution is 2.47. The van der Waals surface area contributed by atoms with E-state index in [9.17, 15) is 18.9 Å². The zero-order valence-corrected chi connectivity index (χ0v) is 25.4. The summed E-state index contributed by atoms with van der Waals surface area (Å²) in [5.41, 5.74) is 7.73. The summed E-state index contributed by atoms with van der Waals surface area (Å²) in [6, 6.07) is 0. The first-order valence-corrected chi connectivity index (χ1v) is 13.9. The van der Waals surface area contributed by atoms with Crippen LogP contribution in [0, 0.1) is 12.3 Å². The number of ether oxygens (including phenoxy) is 1. The van der Waals surface area contributed by atoms with Gasteiger partial charge in [-0.3, -0.25) is 9.59 Å². The van der Waals surface area contributed by atoms with E-state index in [0.29, 0.717) is 48.5 Å². The lowest BCUT2D eigenvalue weighted by Gasteiger charge is -2.05. The number of nitrogens with zero attached hydrogens (tertiary/aromatic N) is 5. The highest BCUT2D eigenvalue weighted by Gasteiger charge is 2.41. The van der Waals surface area contributed by atoms with Crippen LogP contribution < -0.4 is 0 Å². The summed E-state index contributed by atoms with van der Waals surface area (Å²) < 4.78 is 39.9. The predicted octanol–water partition coefficient (Wildman–Crippen LogP) is 4.37. The molecule has 0 fully saturated rings. The molecule has 0 N–H and O–H groups in total. The van der Waals surface area contributed by atoms with Gasteiger partial charge >= 0.3 is 19.0 Å². The molecule has 0 unspecified atom stereocenters. The van der Waals surface area contributed by atoms with Crippen LogP contribution in [-0.4, -0.2) is 64.1 Å². The molecule has 0 amide bonds. The quantitative estimate of drug-likeness (QED) is 0.0596. The van der Waals surface area contributed by atoms with E-state index >= 15 is 0 Å². The molecule has 0 aromatic carbocycles. The van der Waals surface area contributed by atoms with Gasteiger partial charge in [0.25, 0.3) is 0 Å². The minimum atomic E-state index is -3.70. The second kappa shape index (κ2) is 20.4. The standard InChI is InChI=1S/C8H11NO3.C7H7NO.C6H7NO2.C5H9N2O4P/c1-3-7-9-5-6(12-7)8(10)11-4-2;1-3-6-5-8-7(4-2)9-6;1-2-6-7-3-5(4-8)9-6;1-4(8)5(7-6)12(9,10-2)11-3/h5H,3-4H2,1-2H3;1,5H,4H2,2H3;3-4H,2H2,1H3;1-3H3. The first-order valence-electron chi connectivity index (χ1n) is 12.4. The van der Waals surface area contributed by atoms with Crippen LogP contribution in [-0.2, 0) is 42.4 Å². The molecule has 0 atom stereocenters. The Balaban J connectivity index is 0.000000538. The van der Waals surface area contributed by atoms with E-state index in [1.165, 1.54) is 12.4 Å². The van der Waals surface area contributed by atoms with Gasteiger partial charge in [-0.05, 0) is 12.8 Å². The summed E-state index contributed by atoms with van der Waals surface area (Å²) in [5.74, 6) is 4.07. The van der Waals surface area contributed by atoms with Crippen LogP contribution in [0.4, 0.5) is 0 Å². The molecule has 0 aliphatic carbocycles. The fourth-order valence-corrected chi connectivity index (χ4v) is 3.41. The molecule has 0 spiro atoms. The molecule has 0 aliphatic heterocycles. The van der Waals surface area contributed by atoms with E-state index in [2.05, 4.69) is 34.7 Å². The fraction of sp³-hybridized carbons (Fsp3) is 0.423. The molecule has 0 saturated carbocycles. The van der Waals surface area contributed by atoms with Crippen molar-refractivity contribution in [2.75, 3.05) is 20.8 Å². The third kappa shape index (κ3) is 12.8. The summed E-state index contributed by atoms with van der Waals surface area (Å²) in [6.45, 7) is 8.98. The van der Waals surface area contributed by atoms with Crippen LogP contribution >= 0.6 is 7.60 Å². The molecule has 0 radical (unpaired) electrons. The minimum Gasteiger partial charge on any atom is -0.460 e. The monoisotopic (exact) mass is 607 g/mol. The van der Waals surface area contributed by atoms with E-state index < -0.39 is 24.8 Å². The van der Waals surface area contributed by atoms with Crippen molar-refractivity contribution in [2.24, 2.45) is 0 Å². The fourth-order valence-electron chi connectivity index (χ4n) is 2.42. The Labute approximate surface area is 243 Å². The van der Waals surface area contributed by atoms with Gasteiger partial charge < -0.3 is 32.6 Å². The Morgan fingerprint density at radius 3 is 1.81 bits per heavy atom. The van der Waals surface area contributed by atoms with Gasteiger partial charge in [-0.1, -0.05) is 20.8 Å².